The van der Waals surface area contributed by atoms with E-state index in [4.69, 9.17) is 20.4 Å². The molecule has 0 fully saturated rings. The number of H-pyrrole nitrogens is 1. The van der Waals surface area contributed by atoms with E-state index < -0.39 is 5.56 Å². The molecule has 0 radical (unpaired) electrons. The quantitative estimate of drug-likeness (QED) is 0.0245. The molecule has 0 aliphatic rings. The van der Waals surface area contributed by atoms with Gasteiger partial charge >= 0.3 is 5.56 Å². The zero-order chi connectivity index (χ0) is 46.0. The van der Waals surface area contributed by atoms with Crippen molar-refractivity contribution in [1.29, 1.82) is 0 Å². The van der Waals surface area contributed by atoms with Crippen LogP contribution in [0.25, 0.3) is 50.1 Å². The first-order chi connectivity index (χ1) is 32.9. The van der Waals surface area contributed by atoms with Crippen LogP contribution < -0.4 is 21.9 Å². The number of fused-ring (bicyclic) bond motifs is 1. The number of nitrogens with zero attached hydrogens (tertiary/aromatic N) is 13. The minimum atomic E-state index is -0.393. The van der Waals surface area contributed by atoms with Crippen molar-refractivity contribution in [3.8, 4) is 38.9 Å². The van der Waals surface area contributed by atoms with Crippen molar-refractivity contribution >= 4 is 68.1 Å². The molecule has 0 saturated heterocycles. The maximum absolute atomic E-state index is 13.6. The lowest BCUT2D eigenvalue weighted by molar-refractivity contribution is 0.0905. The number of ether oxygens (including phenoxy) is 1. The topological polar surface area (TPSA) is 252 Å². The van der Waals surface area contributed by atoms with E-state index in [1.165, 1.54) is 27.4 Å². The number of hydrogen-bond acceptors (Lipinski definition) is 18. The first kappa shape index (κ1) is 44.9. The van der Waals surface area contributed by atoms with Crippen LogP contribution in [0.15, 0.2) is 122 Å². The molecule has 6 aromatic heterocycles. The van der Waals surface area contributed by atoms with Crippen LogP contribution in [-0.2, 0) is 17.8 Å². The number of azo groups is 1. The fourth-order valence-electron chi connectivity index (χ4n) is 6.72. The number of carbonyl (C=O) groups is 1. The van der Waals surface area contributed by atoms with Gasteiger partial charge in [0.1, 0.15) is 5.69 Å². The van der Waals surface area contributed by atoms with Gasteiger partial charge in [0, 0.05) is 64.6 Å². The number of benzene rings is 3. The maximum atomic E-state index is 13.6. The molecule has 0 bridgehead atoms. The number of thiazole rings is 2. The predicted octanol–water partition coefficient (Wildman–Crippen LogP) is 6.99. The number of thioether (sulfide) groups is 1. The highest BCUT2D eigenvalue weighted by atomic mass is 32.2. The van der Waals surface area contributed by atoms with Crippen molar-refractivity contribution in [2.45, 2.75) is 31.6 Å². The molecule has 0 spiro atoms. The van der Waals surface area contributed by atoms with E-state index in [0.29, 0.717) is 95.3 Å². The highest BCUT2D eigenvalue weighted by Gasteiger charge is 2.20. The minimum Gasteiger partial charge on any atom is -0.378 e. The summed E-state index contributed by atoms with van der Waals surface area (Å²) in [5.41, 5.74) is 12.7. The molecule has 23 heteroatoms. The highest BCUT2D eigenvalue weighted by molar-refractivity contribution is 7.99. The van der Waals surface area contributed by atoms with E-state index in [1.807, 2.05) is 78.3 Å². The molecule has 0 aliphatic carbocycles. The second-order valence-corrected chi connectivity index (χ2v) is 17.5. The van der Waals surface area contributed by atoms with Crippen LogP contribution >= 0.6 is 34.4 Å². The number of aromatic amines is 1. The van der Waals surface area contributed by atoms with Gasteiger partial charge in [-0.3, -0.25) is 14.7 Å². The third-order valence-electron chi connectivity index (χ3n) is 10.0. The third-order valence-corrected chi connectivity index (χ3v) is 12.6. The average molecular weight is 954 g/mol. The summed E-state index contributed by atoms with van der Waals surface area (Å²) in [5.74, 6) is 1.32. The third kappa shape index (κ3) is 10.7. The van der Waals surface area contributed by atoms with Crippen molar-refractivity contribution in [2.24, 2.45) is 16.0 Å². The zero-order valence-corrected chi connectivity index (χ0v) is 38.5. The normalized spacial score (nSPS) is 11.6. The predicted molar refractivity (Wildman–Crippen MR) is 259 cm³/mol. The fraction of sp³-hybridized carbons (Fsp3) is 0.227. The molecular formula is C44H43N17O3S3. The first-order valence-corrected chi connectivity index (χ1v) is 24.0. The Labute approximate surface area is 394 Å². The van der Waals surface area contributed by atoms with E-state index in [1.54, 1.807) is 44.8 Å². The molecule has 20 nitrogen and oxygen atoms in total. The minimum absolute atomic E-state index is 0.150. The number of amides is 1. The standard InChI is InChI=1S/C44H43N17O3S3/c1-2-23-65-43-50-38(46-17-16-45)37-39(51-43)60(58-54-37)25-28-8-10-29(11-9-28)33-26-59(57-52-33)20-22-64-21-18-47-40(62)32-14-12-30(13-15-32)34-27-67-44(49-34)61-41(63)36(53-55-42-48-19-24-66-42)35(56-61)31-6-4-3-5-7-31/h3-15,19,24,26-27,56H,2,16-18,20-23,25,45H2,1H3,(H,47,62)(H,46,50,51). The van der Waals surface area contributed by atoms with E-state index in [2.05, 4.69) is 63.5 Å². The van der Waals surface area contributed by atoms with Crippen LogP contribution in [0.5, 0.6) is 0 Å². The number of carbonyl (C=O) groups excluding carboxylic acids is 1. The molecular weight excluding hydrogens is 911 g/mol. The zero-order valence-electron chi connectivity index (χ0n) is 36.0. The van der Waals surface area contributed by atoms with Gasteiger partial charge in [0.05, 0.1) is 43.9 Å². The molecule has 0 atom stereocenters. The summed E-state index contributed by atoms with van der Waals surface area (Å²) in [7, 11) is 0. The molecule has 0 aliphatic heterocycles. The van der Waals surface area contributed by atoms with Gasteiger partial charge in [0.2, 0.25) is 10.3 Å². The number of nitrogens with two attached hydrogens (primary N) is 1. The second kappa shape index (κ2) is 21.3. The maximum Gasteiger partial charge on any atom is 0.301 e. The average Bonchev–Trinajstić information content (AvgIpc) is 4.24. The molecule has 9 aromatic rings. The van der Waals surface area contributed by atoms with Crippen LogP contribution in [0.3, 0.4) is 0 Å². The Balaban J connectivity index is 0.738. The molecule has 67 heavy (non-hydrogen) atoms. The first-order valence-electron chi connectivity index (χ1n) is 21.3. The molecule has 0 unspecified atom stereocenters. The summed E-state index contributed by atoms with van der Waals surface area (Å²) in [6.45, 7) is 5.18. The molecule has 0 saturated carbocycles. The van der Waals surface area contributed by atoms with Crippen LogP contribution in [0.4, 0.5) is 16.6 Å². The Morgan fingerprint density at radius 3 is 2.51 bits per heavy atom. The number of nitrogens with one attached hydrogen (secondary N) is 3. The molecule has 9 rings (SSSR count). The Bertz CT molecular complexity index is 3140. The summed E-state index contributed by atoms with van der Waals surface area (Å²) >= 11 is 4.22. The van der Waals surface area contributed by atoms with Gasteiger partial charge in [0.25, 0.3) is 5.91 Å². The van der Waals surface area contributed by atoms with E-state index in [9.17, 15) is 9.59 Å². The Morgan fingerprint density at radius 2 is 1.72 bits per heavy atom. The van der Waals surface area contributed by atoms with E-state index >= 15 is 0 Å². The van der Waals surface area contributed by atoms with Gasteiger partial charge in [-0.15, -0.1) is 43.1 Å². The van der Waals surface area contributed by atoms with Crippen LogP contribution in [0, 0.1) is 0 Å². The molecule has 340 valence electrons. The van der Waals surface area contributed by atoms with Crippen LogP contribution in [0.1, 0.15) is 29.3 Å². The summed E-state index contributed by atoms with van der Waals surface area (Å²) < 4.78 is 10.7. The van der Waals surface area contributed by atoms with Crippen molar-refractivity contribution in [3.05, 3.63) is 123 Å². The lowest BCUT2D eigenvalue weighted by Crippen LogP contribution is -2.27. The largest absolute Gasteiger partial charge is 0.378 e. The fourth-order valence-corrected chi connectivity index (χ4v) is 8.66. The van der Waals surface area contributed by atoms with Crippen LogP contribution in [-0.4, -0.2) is 104 Å². The van der Waals surface area contributed by atoms with Gasteiger partial charge < -0.3 is 21.1 Å². The monoisotopic (exact) mass is 953 g/mol. The van der Waals surface area contributed by atoms with Crippen LogP contribution in [0.2, 0.25) is 0 Å². The molecule has 5 N–H and O–H groups in total. The van der Waals surface area contributed by atoms with E-state index in [0.717, 1.165) is 40.1 Å². The van der Waals surface area contributed by atoms with Gasteiger partial charge in [-0.25, -0.2) is 29.3 Å². The van der Waals surface area contributed by atoms with Crippen molar-refractivity contribution < 1.29 is 9.53 Å². The van der Waals surface area contributed by atoms with Crippen molar-refractivity contribution in [1.82, 2.24) is 65.0 Å². The number of aromatic nitrogens is 12. The number of rotatable bonds is 21. The highest BCUT2D eigenvalue weighted by Crippen LogP contribution is 2.31. The summed E-state index contributed by atoms with van der Waals surface area (Å²) in [6, 6.07) is 24.6. The summed E-state index contributed by atoms with van der Waals surface area (Å²) in [6.07, 6.45) is 4.51. The van der Waals surface area contributed by atoms with Gasteiger partial charge in [0.15, 0.2) is 27.8 Å². The number of anilines is 1. The van der Waals surface area contributed by atoms with Gasteiger partial charge in [-0.2, -0.15) is 4.68 Å². The summed E-state index contributed by atoms with van der Waals surface area (Å²) in [4.78, 5) is 44.8. The lowest BCUT2D eigenvalue weighted by atomic mass is 10.1. The van der Waals surface area contributed by atoms with E-state index in [-0.39, 0.29) is 11.6 Å². The van der Waals surface area contributed by atoms with Gasteiger partial charge in [-0.05, 0) is 24.1 Å². The molecule has 6 heterocycles. The Morgan fingerprint density at radius 1 is 0.896 bits per heavy atom. The molecule has 3 aromatic carbocycles. The van der Waals surface area contributed by atoms with Gasteiger partial charge in [-0.1, -0.05) is 95.8 Å². The van der Waals surface area contributed by atoms with Crippen molar-refractivity contribution in [3.63, 3.8) is 0 Å². The smallest absolute Gasteiger partial charge is 0.301 e. The Kier molecular flexibility index (Phi) is 14.3. The SMILES string of the molecule is CCCSc1nc(NCCN)c2nnn(Cc3ccc(-c4cn(CCOCCNC(=O)c5ccc(-c6csc(-n7[nH]c(-c8ccccc8)c(N=Nc8nccs8)c7=O)n6)cc5)nn4)cc3)c2n1. The number of hydrogen-bond donors (Lipinski definition) is 4. The summed E-state index contributed by atoms with van der Waals surface area (Å²) in [5, 5.41) is 40.3. The Hall–Kier alpha value is -7.31. The second-order valence-electron chi connectivity index (χ2n) is 14.7. The van der Waals surface area contributed by atoms with Crippen molar-refractivity contribution in [2.75, 3.05) is 43.9 Å². The lowest BCUT2D eigenvalue weighted by Gasteiger charge is -2.08. The molecule has 1 amide bonds.